The second-order valence-electron chi connectivity index (χ2n) is 4.90. The van der Waals surface area contributed by atoms with Gasteiger partial charge >= 0.3 is 0 Å². The summed E-state index contributed by atoms with van der Waals surface area (Å²) in [5.74, 6) is 0.717. The summed E-state index contributed by atoms with van der Waals surface area (Å²) in [6, 6.07) is 0. The number of halogens is 2. The molecular weight excluding hydrogens is 350 g/mol. The smallest absolute Gasteiger partial charge is 0.0897 e. The second kappa shape index (κ2) is 6.50. The largest absolute Gasteiger partial charge is 0.247 e. The average Bonchev–Trinajstić information content (AvgIpc) is 2.62. The number of alkyl halides is 2. The van der Waals surface area contributed by atoms with Gasteiger partial charge in [-0.05, 0) is 31.1 Å². The molecule has 0 fully saturated rings. The van der Waals surface area contributed by atoms with Crippen LogP contribution in [0.4, 0.5) is 0 Å². The maximum absolute atomic E-state index is 4.58. The summed E-state index contributed by atoms with van der Waals surface area (Å²) in [5.41, 5.74) is 1.54. The quantitative estimate of drug-likeness (QED) is 0.656. The number of rotatable bonds is 6. The third-order valence-electron chi connectivity index (χ3n) is 2.63. The summed E-state index contributed by atoms with van der Waals surface area (Å²) < 4.78 is 0. The maximum Gasteiger partial charge on any atom is 0.0897 e. The van der Waals surface area contributed by atoms with Crippen molar-refractivity contribution in [3.8, 4) is 0 Å². The van der Waals surface area contributed by atoms with E-state index in [1.165, 1.54) is 12.1 Å². The molecule has 4 heteroatoms. The van der Waals surface area contributed by atoms with Crippen molar-refractivity contribution in [1.82, 2.24) is 4.98 Å². The third kappa shape index (κ3) is 4.11. The Bertz CT molecular complexity index is 319. The van der Waals surface area contributed by atoms with Gasteiger partial charge in [0.05, 0.1) is 10.7 Å². The zero-order valence-corrected chi connectivity index (χ0v) is 14.1. The SMILES string of the molecule is Cc1nc(CC(CBr)(CBr)CC(C)C)cs1. The first-order chi connectivity index (χ1) is 7.51. The minimum atomic E-state index is 0.300. The molecule has 92 valence electrons. The molecular formula is C12H19Br2NS. The molecule has 0 amide bonds. The standard InChI is InChI=1S/C12H19Br2NS/c1-9(2)4-12(7-13,8-14)5-11-6-16-10(3)15-11/h6,9H,4-5,7-8H2,1-3H3. The van der Waals surface area contributed by atoms with Crippen LogP contribution in [-0.2, 0) is 6.42 Å². The van der Waals surface area contributed by atoms with Crippen molar-refractivity contribution in [2.24, 2.45) is 11.3 Å². The Balaban J connectivity index is 2.77. The molecule has 0 aliphatic carbocycles. The molecule has 0 bridgehead atoms. The van der Waals surface area contributed by atoms with Crippen LogP contribution in [0.3, 0.4) is 0 Å². The van der Waals surface area contributed by atoms with E-state index in [9.17, 15) is 0 Å². The summed E-state index contributed by atoms with van der Waals surface area (Å²) in [5, 5.41) is 5.41. The van der Waals surface area contributed by atoms with Crippen LogP contribution >= 0.6 is 43.2 Å². The van der Waals surface area contributed by atoms with Crippen molar-refractivity contribution in [2.45, 2.75) is 33.6 Å². The molecule has 16 heavy (non-hydrogen) atoms. The van der Waals surface area contributed by atoms with Gasteiger partial charge in [0.25, 0.3) is 0 Å². The van der Waals surface area contributed by atoms with Crippen LogP contribution < -0.4 is 0 Å². The van der Waals surface area contributed by atoms with E-state index in [0.29, 0.717) is 5.41 Å². The predicted octanol–water partition coefficient (Wildman–Crippen LogP) is 4.82. The number of hydrogen-bond acceptors (Lipinski definition) is 2. The molecule has 0 saturated carbocycles. The molecule has 1 heterocycles. The van der Waals surface area contributed by atoms with E-state index in [1.807, 2.05) is 0 Å². The van der Waals surface area contributed by atoms with Gasteiger partial charge in [-0.3, -0.25) is 0 Å². The Morgan fingerprint density at radius 2 is 2.00 bits per heavy atom. The van der Waals surface area contributed by atoms with E-state index in [2.05, 4.69) is 63.0 Å². The molecule has 0 unspecified atom stereocenters. The maximum atomic E-state index is 4.58. The molecule has 0 radical (unpaired) electrons. The van der Waals surface area contributed by atoms with Crippen LogP contribution in [0.5, 0.6) is 0 Å². The van der Waals surface area contributed by atoms with Gasteiger partial charge < -0.3 is 0 Å². The molecule has 0 N–H and O–H groups in total. The average molecular weight is 369 g/mol. The van der Waals surface area contributed by atoms with Crippen molar-refractivity contribution in [1.29, 1.82) is 0 Å². The highest BCUT2D eigenvalue weighted by Crippen LogP contribution is 2.35. The summed E-state index contributed by atoms with van der Waals surface area (Å²) in [7, 11) is 0. The predicted molar refractivity (Wildman–Crippen MR) is 80.0 cm³/mol. The van der Waals surface area contributed by atoms with E-state index < -0.39 is 0 Å². The zero-order valence-electron chi connectivity index (χ0n) is 10.1. The molecule has 1 aromatic rings. The van der Waals surface area contributed by atoms with Crippen molar-refractivity contribution in [3.05, 3.63) is 16.1 Å². The molecule has 0 spiro atoms. The highest BCUT2D eigenvalue weighted by atomic mass is 79.9. The van der Waals surface area contributed by atoms with Gasteiger partial charge in [-0.15, -0.1) is 11.3 Å². The fraction of sp³-hybridized carbons (Fsp3) is 0.750. The highest BCUT2D eigenvalue weighted by molar-refractivity contribution is 9.09. The van der Waals surface area contributed by atoms with Gasteiger partial charge in [0.15, 0.2) is 0 Å². The van der Waals surface area contributed by atoms with Gasteiger partial charge in [-0.1, -0.05) is 45.7 Å². The summed E-state index contributed by atoms with van der Waals surface area (Å²) >= 11 is 9.09. The zero-order chi connectivity index (χ0) is 12.2. The van der Waals surface area contributed by atoms with Crippen LogP contribution in [0.1, 0.15) is 31.0 Å². The molecule has 0 saturated heterocycles. The Hall–Kier alpha value is 0.590. The van der Waals surface area contributed by atoms with Gasteiger partial charge in [0.2, 0.25) is 0 Å². The van der Waals surface area contributed by atoms with Gasteiger partial charge in [0.1, 0.15) is 0 Å². The van der Waals surface area contributed by atoms with Crippen molar-refractivity contribution in [3.63, 3.8) is 0 Å². The summed E-state index contributed by atoms with van der Waals surface area (Å²) in [4.78, 5) is 4.58. The summed E-state index contributed by atoms with van der Waals surface area (Å²) in [6.45, 7) is 6.64. The first kappa shape index (κ1) is 14.7. The third-order valence-corrected chi connectivity index (χ3v) is 5.83. The van der Waals surface area contributed by atoms with E-state index in [-0.39, 0.29) is 0 Å². The van der Waals surface area contributed by atoms with Gasteiger partial charge in [0, 0.05) is 16.0 Å². The van der Waals surface area contributed by atoms with Gasteiger partial charge in [-0.2, -0.15) is 0 Å². The Kier molecular flexibility index (Phi) is 5.95. The van der Waals surface area contributed by atoms with Crippen molar-refractivity contribution >= 4 is 43.2 Å². The van der Waals surface area contributed by atoms with Crippen LogP contribution in [0.2, 0.25) is 0 Å². The van der Waals surface area contributed by atoms with E-state index in [0.717, 1.165) is 28.0 Å². The molecule has 1 nitrogen and oxygen atoms in total. The number of hydrogen-bond donors (Lipinski definition) is 0. The van der Waals surface area contributed by atoms with Crippen molar-refractivity contribution < 1.29 is 0 Å². The van der Waals surface area contributed by atoms with E-state index in [1.54, 1.807) is 11.3 Å². The van der Waals surface area contributed by atoms with Crippen LogP contribution in [0, 0.1) is 18.3 Å². The first-order valence-electron chi connectivity index (χ1n) is 5.54. The lowest BCUT2D eigenvalue weighted by Crippen LogP contribution is -2.29. The lowest BCUT2D eigenvalue weighted by molar-refractivity contribution is 0.302. The van der Waals surface area contributed by atoms with Crippen molar-refractivity contribution in [2.75, 3.05) is 10.7 Å². The number of aryl methyl sites for hydroxylation is 1. The van der Waals surface area contributed by atoms with Crippen LogP contribution in [0.15, 0.2) is 5.38 Å². The fourth-order valence-corrected chi connectivity index (χ4v) is 4.45. The van der Waals surface area contributed by atoms with E-state index >= 15 is 0 Å². The molecule has 1 aromatic heterocycles. The molecule has 0 atom stereocenters. The molecule has 1 rings (SSSR count). The van der Waals surface area contributed by atoms with Crippen LogP contribution in [-0.4, -0.2) is 15.6 Å². The minimum absolute atomic E-state index is 0.300. The topological polar surface area (TPSA) is 12.9 Å². The van der Waals surface area contributed by atoms with Crippen LogP contribution in [0.25, 0.3) is 0 Å². The first-order valence-corrected chi connectivity index (χ1v) is 8.66. The monoisotopic (exact) mass is 367 g/mol. The van der Waals surface area contributed by atoms with Gasteiger partial charge in [-0.25, -0.2) is 4.98 Å². The number of thiazole rings is 1. The number of nitrogens with zero attached hydrogens (tertiary/aromatic N) is 1. The fourth-order valence-electron chi connectivity index (χ4n) is 2.05. The summed E-state index contributed by atoms with van der Waals surface area (Å²) in [6.07, 6.45) is 2.28. The molecule has 0 aromatic carbocycles. The normalized spacial score (nSPS) is 12.4. The minimum Gasteiger partial charge on any atom is -0.247 e. The Morgan fingerprint density at radius 3 is 2.38 bits per heavy atom. The second-order valence-corrected chi connectivity index (χ2v) is 7.08. The lowest BCUT2D eigenvalue weighted by atomic mass is 9.80. The molecule has 0 aliphatic heterocycles. The highest BCUT2D eigenvalue weighted by Gasteiger charge is 2.30. The Morgan fingerprint density at radius 1 is 1.38 bits per heavy atom. The number of aromatic nitrogens is 1. The lowest BCUT2D eigenvalue weighted by Gasteiger charge is -2.31. The van der Waals surface area contributed by atoms with E-state index in [4.69, 9.17) is 0 Å². The Labute approximate surface area is 119 Å². The molecule has 0 aliphatic rings.